The molecule has 1 aliphatic rings. The molecule has 0 unspecified atom stereocenters. The normalized spacial score (nSPS) is 14.4. The Morgan fingerprint density at radius 2 is 1.88 bits per heavy atom. The summed E-state index contributed by atoms with van der Waals surface area (Å²) in [6.07, 6.45) is 7.09. The number of aromatic nitrogens is 2. The molecule has 6 heteroatoms. The maximum Gasteiger partial charge on any atom is 0.216 e. The topological polar surface area (TPSA) is 62.7 Å². The SMILES string of the molecule is CCCCOc1c(C)c(COc2ccnc(OCCC3CCOCC3)c2)nc2ccccc12. The van der Waals surface area contributed by atoms with Crippen LogP contribution < -0.4 is 14.2 Å². The molecule has 3 aromatic rings. The molecule has 0 amide bonds. The Morgan fingerprint density at radius 3 is 2.73 bits per heavy atom. The predicted molar refractivity (Wildman–Crippen MR) is 129 cm³/mol. The van der Waals surface area contributed by atoms with Crippen molar-refractivity contribution in [1.82, 2.24) is 9.97 Å². The third kappa shape index (κ3) is 6.35. The first-order valence-corrected chi connectivity index (χ1v) is 12.0. The van der Waals surface area contributed by atoms with Crippen molar-refractivity contribution in [2.45, 2.75) is 52.6 Å². The quantitative estimate of drug-likeness (QED) is 0.339. The number of nitrogens with zero attached hydrogens (tertiary/aromatic N) is 2. The van der Waals surface area contributed by atoms with Crippen LogP contribution in [0.3, 0.4) is 0 Å². The standard InChI is InChI=1S/C27H34N2O4/c1-3-4-14-32-27-20(2)25(29-24-8-6-5-7-23(24)27)19-33-22-9-13-28-26(18-22)31-17-12-21-10-15-30-16-11-21/h5-9,13,18,21H,3-4,10-12,14-17,19H2,1-2H3. The molecular formula is C27H34N2O4. The summed E-state index contributed by atoms with van der Waals surface area (Å²) in [6, 6.07) is 11.8. The lowest BCUT2D eigenvalue weighted by molar-refractivity contribution is 0.0591. The number of pyridine rings is 2. The summed E-state index contributed by atoms with van der Waals surface area (Å²) in [7, 11) is 0. The highest BCUT2D eigenvalue weighted by molar-refractivity contribution is 5.86. The molecule has 1 fully saturated rings. The number of para-hydroxylation sites is 1. The second kappa shape index (κ2) is 11.8. The maximum atomic E-state index is 6.16. The first-order valence-electron chi connectivity index (χ1n) is 12.0. The number of hydrogen-bond donors (Lipinski definition) is 0. The molecule has 0 atom stereocenters. The van der Waals surface area contributed by atoms with Crippen molar-refractivity contribution in [3.63, 3.8) is 0 Å². The number of benzene rings is 1. The van der Waals surface area contributed by atoms with E-state index in [1.54, 1.807) is 6.20 Å². The third-order valence-electron chi connectivity index (χ3n) is 6.12. The Hall–Kier alpha value is -2.86. The molecule has 4 rings (SSSR count). The minimum absolute atomic E-state index is 0.354. The summed E-state index contributed by atoms with van der Waals surface area (Å²) >= 11 is 0. The lowest BCUT2D eigenvalue weighted by Gasteiger charge is -2.21. The van der Waals surface area contributed by atoms with Crippen molar-refractivity contribution < 1.29 is 18.9 Å². The van der Waals surface area contributed by atoms with E-state index in [0.29, 0.717) is 37.4 Å². The van der Waals surface area contributed by atoms with Crippen molar-refractivity contribution >= 4 is 10.9 Å². The second-order valence-corrected chi connectivity index (χ2v) is 8.54. The van der Waals surface area contributed by atoms with Gasteiger partial charge in [-0.3, -0.25) is 0 Å². The smallest absolute Gasteiger partial charge is 0.216 e. The predicted octanol–water partition coefficient (Wildman–Crippen LogP) is 5.89. The van der Waals surface area contributed by atoms with Crippen molar-refractivity contribution in [3.8, 4) is 17.4 Å². The Balaban J connectivity index is 1.40. The van der Waals surface area contributed by atoms with Crippen LogP contribution in [0.2, 0.25) is 0 Å². The van der Waals surface area contributed by atoms with Crippen LogP contribution in [-0.2, 0) is 11.3 Å². The van der Waals surface area contributed by atoms with Gasteiger partial charge in [-0.2, -0.15) is 0 Å². The maximum absolute atomic E-state index is 6.16. The highest BCUT2D eigenvalue weighted by atomic mass is 16.5. The number of ether oxygens (including phenoxy) is 4. The summed E-state index contributed by atoms with van der Waals surface area (Å²) < 4.78 is 23.6. The van der Waals surface area contributed by atoms with Gasteiger partial charge in [-0.05, 0) is 56.7 Å². The second-order valence-electron chi connectivity index (χ2n) is 8.54. The van der Waals surface area contributed by atoms with Crippen molar-refractivity contribution in [1.29, 1.82) is 0 Å². The first kappa shape index (κ1) is 23.3. The Bertz CT molecular complexity index is 1030. The summed E-state index contributed by atoms with van der Waals surface area (Å²) in [6.45, 7) is 7.65. The number of unbranched alkanes of at least 4 members (excludes halogenated alkanes) is 1. The van der Waals surface area contributed by atoms with Crippen molar-refractivity contribution in [3.05, 3.63) is 53.9 Å². The van der Waals surface area contributed by atoms with Crippen molar-refractivity contribution in [2.24, 2.45) is 5.92 Å². The van der Waals surface area contributed by atoms with Crippen LogP contribution in [0.5, 0.6) is 17.4 Å². The molecule has 0 radical (unpaired) electrons. The first-order chi connectivity index (χ1) is 16.2. The zero-order valence-corrected chi connectivity index (χ0v) is 19.7. The molecule has 0 spiro atoms. The van der Waals surface area contributed by atoms with E-state index in [2.05, 4.69) is 24.9 Å². The molecule has 1 saturated heterocycles. The third-order valence-corrected chi connectivity index (χ3v) is 6.12. The minimum Gasteiger partial charge on any atom is -0.493 e. The van der Waals surface area contributed by atoms with Crippen LogP contribution in [0.15, 0.2) is 42.6 Å². The van der Waals surface area contributed by atoms with Gasteiger partial charge in [-0.1, -0.05) is 25.5 Å². The number of fused-ring (bicyclic) bond motifs is 1. The van der Waals surface area contributed by atoms with Crippen LogP contribution in [0.25, 0.3) is 10.9 Å². The minimum atomic E-state index is 0.354. The molecule has 1 aromatic carbocycles. The summed E-state index contributed by atoms with van der Waals surface area (Å²) in [5.41, 5.74) is 2.81. The van der Waals surface area contributed by atoms with E-state index >= 15 is 0 Å². The highest BCUT2D eigenvalue weighted by Gasteiger charge is 2.15. The van der Waals surface area contributed by atoms with Crippen LogP contribution in [0.4, 0.5) is 0 Å². The molecule has 6 nitrogen and oxygen atoms in total. The van der Waals surface area contributed by atoms with Gasteiger partial charge in [0.05, 0.1) is 24.4 Å². The van der Waals surface area contributed by atoms with Gasteiger partial charge in [0.1, 0.15) is 18.1 Å². The fraction of sp³-hybridized carbons (Fsp3) is 0.481. The molecule has 0 bridgehead atoms. The number of rotatable bonds is 11. The molecule has 1 aliphatic heterocycles. The van der Waals surface area contributed by atoms with Crippen LogP contribution in [-0.4, -0.2) is 36.4 Å². The molecular weight excluding hydrogens is 416 g/mol. The molecule has 0 aliphatic carbocycles. The van der Waals surface area contributed by atoms with E-state index < -0.39 is 0 Å². The largest absolute Gasteiger partial charge is 0.493 e. The molecule has 3 heterocycles. The zero-order valence-electron chi connectivity index (χ0n) is 19.7. The fourth-order valence-electron chi connectivity index (χ4n) is 4.05. The van der Waals surface area contributed by atoms with Crippen molar-refractivity contribution in [2.75, 3.05) is 26.4 Å². The van der Waals surface area contributed by atoms with Crippen LogP contribution in [0.1, 0.15) is 50.3 Å². The Morgan fingerprint density at radius 1 is 1.03 bits per heavy atom. The van der Waals surface area contributed by atoms with Gasteiger partial charge in [0.25, 0.3) is 0 Å². The van der Waals surface area contributed by atoms with Gasteiger partial charge in [0, 0.05) is 36.4 Å². The van der Waals surface area contributed by atoms with Gasteiger partial charge < -0.3 is 18.9 Å². The Labute approximate surface area is 196 Å². The fourth-order valence-corrected chi connectivity index (χ4v) is 4.05. The average Bonchev–Trinajstić information content (AvgIpc) is 2.85. The van der Waals surface area contributed by atoms with Gasteiger partial charge in [0.15, 0.2) is 0 Å². The monoisotopic (exact) mass is 450 g/mol. The van der Waals surface area contributed by atoms with Gasteiger partial charge >= 0.3 is 0 Å². The summed E-state index contributed by atoms with van der Waals surface area (Å²) in [5, 5.41) is 1.04. The highest BCUT2D eigenvalue weighted by Crippen LogP contribution is 2.31. The lowest BCUT2D eigenvalue weighted by atomic mass is 9.97. The summed E-state index contributed by atoms with van der Waals surface area (Å²) in [4.78, 5) is 9.17. The van der Waals surface area contributed by atoms with E-state index in [-0.39, 0.29) is 0 Å². The van der Waals surface area contributed by atoms with Gasteiger partial charge in [-0.15, -0.1) is 0 Å². The molecule has 0 N–H and O–H groups in total. The van der Waals surface area contributed by atoms with Crippen LogP contribution in [0, 0.1) is 12.8 Å². The average molecular weight is 451 g/mol. The molecule has 0 saturated carbocycles. The van der Waals surface area contributed by atoms with E-state index in [0.717, 1.165) is 73.2 Å². The van der Waals surface area contributed by atoms with E-state index in [4.69, 9.17) is 23.9 Å². The van der Waals surface area contributed by atoms with E-state index in [1.807, 2.05) is 30.3 Å². The molecule has 2 aromatic heterocycles. The van der Waals surface area contributed by atoms with E-state index in [1.165, 1.54) is 0 Å². The van der Waals surface area contributed by atoms with Gasteiger partial charge in [-0.25, -0.2) is 9.97 Å². The lowest BCUT2D eigenvalue weighted by Crippen LogP contribution is -2.17. The molecule has 176 valence electrons. The van der Waals surface area contributed by atoms with Gasteiger partial charge in [0.2, 0.25) is 5.88 Å². The van der Waals surface area contributed by atoms with Crippen LogP contribution >= 0.6 is 0 Å². The molecule has 33 heavy (non-hydrogen) atoms. The van der Waals surface area contributed by atoms with E-state index in [9.17, 15) is 0 Å². The summed E-state index contributed by atoms with van der Waals surface area (Å²) in [5.74, 6) is 2.88. The Kier molecular flexibility index (Phi) is 8.36. The number of hydrogen-bond acceptors (Lipinski definition) is 6. The zero-order chi connectivity index (χ0) is 22.9.